The van der Waals surface area contributed by atoms with Gasteiger partial charge in [-0.05, 0) is 36.4 Å². The average molecular weight is 506 g/mol. The lowest BCUT2D eigenvalue weighted by Gasteiger charge is -2.24. The summed E-state index contributed by atoms with van der Waals surface area (Å²) < 4.78 is 22.7. The second kappa shape index (κ2) is 11.6. The molecule has 1 fully saturated rings. The van der Waals surface area contributed by atoms with E-state index in [4.69, 9.17) is 36.9 Å². The second-order valence-electron chi connectivity index (χ2n) is 7.93. The normalized spacial score (nSPS) is 20.8. The van der Waals surface area contributed by atoms with Crippen molar-refractivity contribution in [1.29, 1.82) is 0 Å². The van der Waals surface area contributed by atoms with Gasteiger partial charge in [0.05, 0.1) is 16.7 Å². The summed E-state index contributed by atoms with van der Waals surface area (Å²) in [6, 6.07) is 25.0. The Balaban J connectivity index is 1.58. The first-order valence-corrected chi connectivity index (χ1v) is 11.5. The number of benzene rings is 3. The quantitative estimate of drug-likeness (QED) is 0.280. The molecular weight excluding hydrogens is 482 g/mol. The van der Waals surface area contributed by atoms with Crippen LogP contribution in [0, 0.1) is 0 Å². The van der Waals surface area contributed by atoms with Crippen LogP contribution < -0.4 is 5.73 Å². The molecule has 0 bridgehead atoms. The topological polar surface area (TPSA) is 114 Å². The molecular formula is C27H23NO7S. The number of esters is 3. The highest BCUT2D eigenvalue weighted by Crippen LogP contribution is 2.29. The Labute approximate surface area is 212 Å². The van der Waals surface area contributed by atoms with Gasteiger partial charge in [-0.15, -0.1) is 0 Å². The lowest BCUT2D eigenvalue weighted by atomic mass is 10.1. The molecule has 8 nitrogen and oxygen atoms in total. The van der Waals surface area contributed by atoms with E-state index in [-0.39, 0.29) is 22.7 Å². The summed E-state index contributed by atoms with van der Waals surface area (Å²) in [6.07, 6.45) is -4.38. The van der Waals surface area contributed by atoms with Crippen molar-refractivity contribution in [1.82, 2.24) is 0 Å². The molecule has 1 saturated heterocycles. The number of ether oxygens (including phenoxy) is 4. The maximum Gasteiger partial charge on any atom is 0.338 e. The van der Waals surface area contributed by atoms with Gasteiger partial charge in [0.1, 0.15) is 23.8 Å². The largest absolute Gasteiger partial charge is 0.459 e. The molecule has 2 N–H and O–H groups in total. The van der Waals surface area contributed by atoms with E-state index in [2.05, 4.69) is 0 Å². The van der Waals surface area contributed by atoms with Crippen LogP contribution in [0.4, 0.5) is 0 Å². The Hall–Kier alpha value is -4.08. The van der Waals surface area contributed by atoms with Crippen LogP contribution in [0.15, 0.2) is 91.0 Å². The van der Waals surface area contributed by atoms with E-state index in [1.54, 1.807) is 91.0 Å². The fourth-order valence-electron chi connectivity index (χ4n) is 3.71. The molecule has 0 unspecified atom stereocenters. The fourth-order valence-corrected chi connectivity index (χ4v) is 3.90. The van der Waals surface area contributed by atoms with E-state index >= 15 is 0 Å². The van der Waals surface area contributed by atoms with Crippen LogP contribution in [0.3, 0.4) is 0 Å². The van der Waals surface area contributed by atoms with Gasteiger partial charge in [-0.25, -0.2) is 14.4 Å². The van der Waals surface area contributed by atoms with Gasteiger partial charge in [0.2, 0.25) is 0 Å². The summed E-state index contributed by atoms with van der Waals surface area (Å²) in [7, 11) is 0. The predicted octanol–water partition coefficient (Wildman–Crippen LogP) is 3.35. The van der Waals surface area contributed by atoms with E-state index < -0.39 is 42.3 Å². The van der Waals surface area contributed by atoms with E-state index in [1.807, 2.05) is 0 Å². The van der Waals surface area contributed by atoms with Crippen molar-refractivity contribution >= 4 is 35.1 Å². The molecule has 3 aromatic rings. The second-order valence-corrected chi connectivity index (χ2v) is 8.41. The van der Waals surface area contributed by atoms with Crippen LogP contribution >= 0.6 is 12.2 Å². The highest BCUT2D eigenvalue weighted by molar-refractivity contribution is 7.80. The zero-order chi connectivity index (χ0) is 25.5. The molecule has 0 saturated carbocycles. The smallest absolute Gasteiger partial charge is 0.338 e. The third kappa shape index (κ3) is 5.94. The maximum atomic E-state index is 12.9. The van der Waals surface area contributed by atoms with Crippen LogP contribution in [0.5, 0.6) is 0 Å². The zero-order valence-corrected chi connectivity index (χ0v) is 19.8. The minimum absolute atomic E-state index is 0.0986. The average Bonchev–Trinajstić information content (AvgIpc) is 3.25. The Morgan fingerprint density at radius 1 is 0.694 bits per heavy atom. The van der Waals surface area contributed by atoms with Gasteiger partial charge >= 0.3 is 17.9 Å². The van der Waals surface area contributed by atoms with Gasteiger partial charge in [-0.1, -0.05) is 66.8 Å². The van der Waals surface area contributed by atoms with Crippen LogP contribution in [0.2, 0.25) is 0 Å². The Morgan fingerprint density at radius 2 is 1.11 bits per heavy atom. The number of nitrogens with two attached hydrogens (primary N) is 1. The fraction of sp³-hybridized carbons (Fsp3) is 0.185. The lowest BCUT2D eigenvalue weighted by molar-refractivity contribution is -0.0436. The van der Waals surface area contributed by atoms with Crippen LogP contribution in [0.1, 0.15) is 31.1 Å². The van der Waals surface area contributed by atoms with Crippen molar-refractivity contribution in [2.24, 2.45) is 5.73 Å². The molecule has 3 aromatic carbocycles. The highest BCUT2D eigenvalue weighted by Gasteiger charge is 2.51. The molecule has 0 spiro atoms. The SMILES string of the molecule is NC(=S)[C@@H]1O[C@@H](COC(=O)c2ccccc2)[C@H](OC(=O)c2ccccc2)[C@@H]1OC(=O)c1ccccc1. The summed E-state index contributed by atoms with van der Waals surface area (Å²) >= 11 is 5.14. The van der Waals surface area contributed by atoms with Crippen molar-refractivity contribution in [2.45, 2.75) is 24.4 Å². The predicted molar refractivity (Wildman–Crippen MR) is 133 cm³/mol. The third-order valence-corrected chi connectivity index (χ3v) is 5.72. The number of hydrogen-bond acceptors (Lipinski definition) is 8. The molecule has 1 heterocycles. The van der Waals surface area contributed by atoms with Crippen LogP contribution in [0.25, 0.3) is 0 Å². The van der Waals surface area contributed by atoms with E-state index in [0.29, 0.717) is 5.56 Å². The first kappa shape index (κ1) is 25.0. The van der Waals surface area contributed by atoms with Gasteiger partial charge in [-0.3, -0.25) is 0 Å². The summed E-state index contributed by atoms with van der Waals surface area (Å²) in [5, 5.41) is 0. The standard InChI is InChI=1S/C27H23NO7S/c28-24(36)23-22(35-27(31)19-14-8-3-9-15-19)21(34-26(30)18-12-6-2-7-13-18)20(33-23)16-32-25(29)17-10-4-1-5-11-17/h1-15,20-23H,16H2,(H2,28,36)/t20-,21-,22-,23+/m0/s1. The van der Waals surface area contributed by atoms with E-state index in [0.717, 1.165) is 0 Å². The first-order valence-electron chi connectivity index (χ1n) is 11.1. The van der Waals surface area contributed by atoms with E-state index in [1.165, 1.54) is 0 Å². The highest BCUT2D eigenvalue weighted by atomic mass is 32.1. The number of hydrogen-bond donors (Lipinski definition) is 1. The number of thiocarbonyl (C=S) groups is 1. The summed E-state index contributed by atoms with van der Waals surface area (Å²) in [6.45, 7) is -0.293. The third-order valence-electron chi connectivity index (χ3n) is 5.48. The number of carbonyl (C=O) groups is 3. The molecule has 1 aliphatic rings. The molecule has 0 amide bonds. The van der Waals surface area contributed by atoms with Gasteiger partial charge < -0.3 is 24.7 Å². The van der Waals surface area contributed by atoms with Crippen molar-refractivity contribution in [2.75, 3.05) is 6.61 Å². The summed E-state index contributed by atoms with van der Waals surface area (Å²) in [5.74, 6) is -1.94. The summed E-state index contributed by atoms with van der Waals surface area (Å²) in [4.78, 5) is 38.1. The molecule has 0 aromatic heterocycles. The summed E-state index contributed by atoms with van der Waals surface area (Å²) in [5.41, 5.74) is 6.79. The van der Waals surface area contributed by atoms with Crippen LogP contribution in [-0.4, -0.2) is 53.9 Å². The monoisotopic (exact) mass is 505 g/mol. The van der Waals surface area contributed by atoms with Crippen molar-refractivity contribution in [3.8, 4) is 0 Å². The molecule has 0 radical (unpaired) electrons. The lowest BCUT2D eigenvalue weighted by Crippen LogP contribution is -2.44. The minimum Gasteiger partial charge on any atom is -0.459 e. The van der Waals surface area contributed by atoms with Gasteiger partial charge in [-0.2, -0.15) is 0 Å². The molecule has 4 atom stereocenters. The molecule has 36 heavy (non-hydrogen) atoms. The number of carbonyl (C=O) groups excluding carboxylic acids is 3. The molecule has 184 valence electrons. The van der Waals surface area contributed by atoms with Crippen molar-refractivity contribution < 1.29 is 33.3 Å². The van der Waals surface area contributed by atoms with Gasteiger partial charge in [0.25, 0.3) is 0 Å². The van der Waals surface area contributed by atoms with E-state index in [9.17, 15) is 14.4 Å². The Bertz CT molecular complexity index is 1220. The molecule has 4 rings (SSSR count). The first-order chi connectivity index (χ1) is 17.4. The minimum atomic E-state index is -1.16. The Kier molecular flexibility index (Phi) is 8.04. The molecule has 9 heteroatoms. The zero-order valence-electron chi connectivity index (χ0n) is 19.0. The van der Waals surface area contributed by atoms with Crippen molar-refractivity contribution in [3.05, 3.63) is 108 Å². The van der Waals surface area contributed by atoms with Gasteiger partial charge in [0.15, 0.2) is 12.2 Å². The molecule has 0 aliphatic carbocycles. The maximum absolute atomic E-state index is 12.9. The van der Waals surface area contributed by atoms with Gasteiger partial charge in [0, 0.05) is 0 Å². The van der Waals surface area contributed by atoms with Crippen LogP contribution in [-0.2, 0) is 18.9 Å². The van der Waals surface area contributed by atoms with Crippen molar-refractivity contribution in [3.63, 3.8) is 0 Å². The molecule has 1 aliphatic heterocycles. The number of rotatable bonds is 8. The Morgan fingerprint density at radius 3 is 1.56 bits per heavy atom.